The van der Waals surface area contributed by atoms with Crippen molar-refractivity contribution >= 4 is 11.9 Å². The van der Waals surface area contributed by atoms with Crippen LogP contribution in [-0.2, 0) is 38.0 Å². The number of hydrogen-bond donors (Lipinski definition) is 7. The second-order valence-corrected chi connectivity index (χ2v) is 17.2. The van der Waals surface area contributed by atoms with Crippen LogP contribution in [0, 0.1) is 0 Å². The summed E-state index contributed by atoms with van der Waals surface area (Å²) in [5.41, 5.74) is 0. The van der Waals surface area contributed by atoms with Crippen molar-refractivity contribution in [2.75, 3.05) is 26.4 Å². The maximum absolute atomic E-state index is 13.0. The Morgan fingerprint density at radius 3 is 1.40 bits per heavy atom. The van der Waals surface area contributed by atoms with Crippen LogP contribution in [0.15, 0.2) is 109 Å². The summed E-state index contributed by atoms with van der Waals surface area (Å²) in [5, 5.41) is 72.1. The van der Waals surface area contributed by atoms with Crippen LogP contribution in [0.4, 0.5) is 0 Å². The monoisotopic (exact) mass is 987 g/mol. The number of aliphatic hydroxyl groups excluding tert-OH is 7. The fourth-order valence-electron chi connectivity index (χ4n) is 7.14. The van der Waals surface area contributed by atoms with Crippen LogP contribution < -0.4 is 0 Å². The third kappa shape index (κ3) is 28.3. The minimum absolute atomic E-state index is 0.0815. The fraction of sp³-hybridized carbons (Fsp3) is 0.636. The van der Waals surface area contributed by atoms with E-state index in [2.05, 4.69) is 111 Å². The van der Waals surface area contributed by atoms with Gasteiger partial charge in [0, 0.05) is 12.8 Å². The smallest absolute Gasteiger partial charge is 0.306 e. The summed E-state index contributed by atoms with van der Waals surface area (Å²) in [5.74, 6) is -1.06. The van der Waals surface area contributed by atoms with Crippen molar-refractivity contribution in [1.82, 2.24) is 0 Å². The fourth-order valence-corrected chi connectivity index (χ4v) is 7.14. The third-order valence-corrected chi connectivity index (χ3v) is 11.3. The van der Waals surface area contributed by atoms with Crippen molar-refractivity contribution in [3.05, 3.63) is 109 Å². The predicted octanol–water partition coefficient (Wildman–Crippen LogP) is 7.15. The van der Waals surface area contributed by atoms with Gasteiger partial charge in [-0.05, 0) is 83.5 Å². The highest BCUT2D eigenvalue weighted by molar-refractivity contribution is 5.70. The summed E-state index contributed by atoms with van der Waals surface area (Å²) in [6.07, 6.45) is 35.6. The zero-order valence-corrected chi connectivity index (χ0v) is 41.7. The van der Waals surface area contributed by atoms with Gasteiger partial charge in [-0.1, -0.05) is 142 Å². The Morgan fingerprint density at radius 1 is 0.457 bits per heavy atom. The molecule has 0 radical (unpaired) electrons. The van der Waals surface area contributed by atoms with Crippen LogP contribution in [0.5, 0.6) is 0 Å². The Bertz CT molecular complexity index is 1630. The van der Waals surface area contributed by atoms with E-state index in [-0.39, 0.29) is 19.4 Å². The van der Waals surface area contributed by atoms with E-state index in [0.29, 0.717) is 19.3 Å². The molecule has 2 aliphatic heterocycles. The van der Waals surface area contributed by atoms with Crippen LogP contribution in [0.3, 0.4) is 0 Å². The number of ether oxygens (including phenoxy) is 6. The molecule has 2 rings (SSSR count). The Kier molecular flexibility index (Phi) is 36.2. The summed E-state index contributed by atoms with van der Waals surface area (Å²) in [6, 6.07) is 0. The molecule has 2 heterocycles. The standard InChI is InChI=1S/C55H86O15/c1-3-5-7-9-11-13-15-17-19-20-21-22-24-25-27-29-31-33-35-37-46(57)65-40-43(68-47(58)38-36-34-32-30-28-26-23-18-16-14-12-10-8-6-4-2)41-66-54-53(64)51(62)49(60)45(70-54)42-67-55-52(63)50(61)48(59)44(39-56)69-55/h5-8,11-14,17-19,21-23,25,27,31,33,43-45,48-56,59-64H,3-4,9-10,15-16,20,24,26,28-30,32,34-42H2,1-2H3/b7-5+,8-6+,13-11+,14-12+,19-17+,22-21+,23-18+,27-25+,33-31+/t43-,44+,45+,48-,49-,50?,51?,52?,53?,54+,55+/m0/s1. The average Bonchev–Trinajstić information content (AvgIpc) is 3.35. The highest BCUT2D eigenvalue weighted by Crippen LogP contribution is 2.26. The number of aliphatic hydroxyl groups is 7. The molecule has 0 bridgehead atoms. The van der Waals surface area contributed by atoms with E-state index in [9.17, 15) is 45.3 Å². The molecule has 0 spiro atoms. The van der Waals surface area contributed by atoms with Gasteiger partial charge in [-0.25, -0.2) is 0 Å². The first kappa shape index (κ1) is 62.3. The molecule has 0 amide bonds. The number of unbranched alkanes of at least 4 members (excludes halogenated alkanes) is 5. The summed E-state index contributed by atoms with van der Waals surface area (Å²) in [7, 11) is 0. The largest absolute Gasteiger partial charge is 0.462 e. The van der Waals surface area contributed by atoms with Crippen LogP contribution in [-0.4, -0.2) is 142 Å². The zero-order valence-electron chi connectivity index (χ0n) is 41.7. The van der Waals surface area contributed by atoms with Crippen LogP contribution >= 0.6 is 0 Å². The highest BCUT2D eigenvalue weighted by atomic mass is 16.7. The van der Waals surface area contributed by atoms with Gasteiger partial charge in [0.25, 0.3) is 0 Å². The molecule has 0 aliphatic carbocycles. The minimum atomic E-state index is -1.79. The number of allylic oxidation sites excluding steroid dienone is 18. The molecule has 0 aromatic carbocycles. The third-order valence-electron chi connectivity index (χ3n) is 11.3. The predicted molar refractivity (Wildman–Crippen MR) is 270 cm³/mol. The van der Waals surface area contributed by atoms with Crippen molar-refractivity contribution in [2.24, 2.45) is 0 Å². The molecule has 2 aliphatic rings. The van der Waals surface area contributed by atoms with Crippen LogP contribution in [0.2, 0.25) is 0 Å². The lowest BCUT2D eigenvalue weighted by Gasteiger charge is -2.42. The van der Waals surface area contributed by atoms with Gasteiger partial charge in [-0.2, -0.15) is 0 Å². The summed E-state index contributed by atoms with van der Waals surface area (Å²) >= 11 is 0. The topological polar surface area (TPSA) is 231 Å². The minimum Gasteiger partial charge on any atom is -0.462 e. The lowest BCUT2D eigenvalue weighted by Crippen LogP contribution is -2.61. The molecule has 0 aromatic heterocycles. The molecule has 0 saturated carbocycles. The number of hydrogen-bond acceptors (Lipinski definition) is 15. The van der Waals surface area contributed by atoms with Crippen molar-refractivity contribution in [1.29, 1.82) is 0 Å². The first-order chi connectivity index (χ1) is 34.0. The highest BCUT2D eigenvalue weighted by Gasteiger charge is 2.47. The van der Waals surface area contributed by atoms with Crippen LogP contribution in [0.25, 0.3) is 0 Å². The zero-order chi connectivity index (χ0) is 51.0. The summed E-state index contributed by atoms with van der Waals surface area (Å²) < 4.78 is 33.4. The van der Waals surface area contributed by atoms with E-state index in [1.165, 1.54) is 0 Å². The summed E-state index contributed by atoms with van der Waals surface area (Å²) in [6.45, 7) is 2.23. The van der Waals surface area contributed by atoms with E-state index >= 15 is 0 Å². The molecular formula is C55H86O15. The molecule has 2 fully saturated rings. The molecule has 0 aromatic rings. The Labute approximate surface area is 417 Å². The second-order valence-electron chi connectivity index (χ2n) is 17.2. The first-order valence-electron chi connectivity index (χ1n) is 25.5. The van der Waals surface area contributed by atoms with Gasteiger partial charge >= 0.3 is 11.9 Å². The van der Waals surface area contributed by atoms with Gasteiger partial charge in [0.1, 0.15) is 55.4 Å². The van der Waals surface area contributed by atoms with E-state index in [1.54, 1.807) is 0 Å². The van der Waals surface area contributed by atoms with Crippen molar-refractivity contribution < 1.29 is 73.8 Å². The summed E-state index contributed by atoms with van der Waals surface area (Å²) in [4.78, 5) is 25.7. The van der Waals surface area contributed by atoms with Crippen molar-refractivity contribution in [3.63, 3.8) is 0 Å². The van der Waals surface area contributed by atoms with E-state index in [4.69, 9.17) is 28.4 Å². The van der Waals surface area contributed by atoms with Crippen molar-refractivity contribution in [3.8, 4) is 0 Å². The van der Waals surface area contributed by atoms with Gasteiger partial charge in [0.15, 0.2) is 18.7 Å². The maximum Gasteiger partial charge on any atom is 0.306 e. The quantitative estimate of drug-likeness (QED) is 0.0186. The van der Waals surface area contributed by atoms with Gasteiger partial charge in [-0.15, -0.1) is 0 Å². The lowest BCUT2D eigenvalue weighted by atomic mass is 9.98. The molecule has 11 atom stereocenters. The van der Waals surface area contributed by atoms with E-state index in [0.717, 1.165) is 83.5 Å². The number of esters is 2. The van der Waals surface area contributed by atoms with E-state index < -0.39 is 99.3 Å². The average molecular weight is 987 g/mol. The molecule has 7 N–H and O–H groups in total. The van der Waals surface area contributed by atoms with Gasteiger partial charge < -0.3 is 64.2 Å². The number of carbonyl (C=O) groups is 2. The normalized spacial score (nSPS) is 26.3. The SMILES string of the molecule is CC/C=C/C/C=C/C/C=C/C/C=C/C/C=C/C/C=C/CCC(=O)OC[C@@H](CO[C@@H]1O[C@H](CO[C@@H]2O[C@H](CO)[C@H](O)C(O)C2O)[C@H](O)C(O)C1O)OC(=O)CCCCCCC/C=C/C/C=C/C/C=C/CC. The van der Waals surface area contributed by atoms with Gasteiger partial charge in [0.05, 0.1) is 19.8 Å². The van der Waals surface area contributed by atoms with Gasteiger partial charge in [-0.3, -0.25) is 9.59 Å². The molecular weight excluding hydrogens is 901 g/mol. The molecule has 15 nitrogen and oxygen atoms in total. The van der Waals surface area contributed by atoms with Crippen LogP contribution in [0.1, 0.15) is 129 Å². The maximum atomic E-state index is 13.0. The van der Waals surface area contributed by atoms with E-state index in [1.807, 2.05) is 12.2 Å². The van der Waals surface area contributed by atoms with Crippen molar-refractivity contribution in [2.45, 2.75) is 197 Å². The molecule has 2 saturated heterocycles. The Balaban J connectivity index is 1.85. The second kappa shape index (κ2) is 40.7. The first-order valence-corrected chi connectivity index (χ1v) is 25.5. The Hall–Kier alpha value is -3.84. The number of rotatable bonds is 37. The number of carbonyl (C=O) groups excluding carboxylic acids is 2. The lowest BCUT2D eigenvalue weighted by molar-refractivity contribution is -0.332. The molecule has 4 unspecified atom stereocenters. The molecule has 70 heavy (non-hydrogen) atoms. The molecule has 396 valence electrons. The van der Waals surface area contributed by atoms with Gasteiger partial charge in [0.2, 0.25) is 0 Å². The Morgan fingerprint density at radius 2 is 0.886 bits per heavy atom. The molecule has 15 heteroatoms.